The van der Waals surface area contributed by atoms with Crippen LogP contribution in [0, 0.1) is 17.0 Å². The summed E-state index contributed by atoms with van der Waals surface area (Å²) in [5.74, 6) is 0.579. The smallest absolute Gasteiger partial charge is 0.272 e. The van der Waals surface area contributed by atoms with E-state index in [0.717, 1.165) is 5.75 Å². The summed E-state index contributed by atoms with van der Waals surface area (Å²) >= 11 is 1.49. The molecule has 1 amide bonds. The highest BCUT2D eigenvalue weighted by Crippen LogP contribution is 2.19. The second-order valence-electron chi connectivity index (χ2n) is 3.75. The van der Waals surface area contributed by atoms with Gasteiger partial charge in [-0.15, -0.1) is 0 Å². The minimum absolute atomic E-state index is 0.0131. The van der Waals surface area contributed by atoms with Gasteiger partial charge in [-0.3, -0.25) is 19.9 Å². The Morgan fingerprint density at radius 1 is 1.56 bits per heavy atom. The Morgan fingerprint density at radius 3 is 2.89 bits per heavy atom. The number of amides is 1. The normalized spacial score (nSPS) is 14.2. The predicted molar refractivity (Wildman–Crippen MR) is 70.1 cm³/mol. The zero-order valence-electron chi connectivity index (χ0n) is 9.67. The molecule has 0 saturated carbocycles. The fourth-order valence-electron chi connectivity index (χ4n) is 1.58. The van der Waals surface area contributed by atoms with Gasteiger partial charge in [0.2, 0.25) is 0 Å². The van der Waals surface area contributed by atoms with Crippen LogP contribution in [-0.4, -0.2) is 28.3 Å². The van der Waals surface area contributed by atoms with Gasteiger partial charge in [-0.1, -0.05) is 11.8 Å². The predicted octanol–water partition coefficient (Wildman–Crippen LogP) is 1.74. The maximum absolute atomic E-state index is 11.9. The molecule has 0 fully saturated rings. The van der Waals surface area contributed by atoms with Crippen molar-refractivity contribution in [1.29, 1.82) is 0 Å². The first-order valence-corrected chi connectivity index (χ1v) is 6.30. The van der Waals surface area contributed by atoms with Crippen molar-refractivity contribution in [3.8, 4) is 0 Å². The molecule has 6 nitrogen and oxygen atoms in total. The molecule has 0 spiro atoms. The summed E-state index contributed by atoms with van der Waals surface area (Å²) < 4.78 is 0. The zero-order valence-corrected chi connectivity index (χ0v) is 10.5. The van der Waals surface area contributed by atoms with Crippen LogP contribution in [-0.2, 0) is 0 Å². The SMILES string of the molecule is Cc1cc(C(=O)NC2=NCCS2)ccc1[N+](=O)[O-]. The van der Waals surface area contributed by atoms with E-state index in [9.17, 15) is 14.9 Å². The van der Waals surface area contributed by atoms with Gasteiger partial charge in [0.1, 0.15) is 0 Å². The van der Waals surface area contributed by atoms with Crippen LogP contribution in [0.1, 0.15) is 15.9 Å². The number of aliphatic imine (C=N–C) groups is 1. The van der Waals surface area contributed by atoms with Crippen LogP contribution in [0.5, 0.6) is 0 Å². The molecule has 18 heavy (non-hydrogen) atoms. The highest BCUT2D eigenvalue weighted by Gasteiger charge is 2.16. The molecular weight excluding hydrogens is 254 g/mol. The Labute approximate surface area is 108 Å². The average Bonchev–Trinajstić information content (AvgIpc) is 2.81. The standard InChI is InChI=1S/C11H11N3O3S/c1-7-6-8(2-3-9(7)14(16)17)10(15)13-11-12-4-5-18-11/h2-3,6H,4-5H2,1H3,(H,12,13,15). The Kier molecular flexibility index (Phi) is 3.61. The van der Waals surface area contributed by atoms with E-state index in [1.807, 2.05) is 0 Å². The third kappa shape index (κ3) is 2.67. The number of nitrogens with zero attached hydrogens (tertiary/aromatic N) is 2. The number of hydrogen-bond acceptors (Lipinski definition) is 5. The van der Waals surface area contributed by atoms with E-state index in [4.69, 9.17) is 0 Å². The summed E-state index contributed by atoms with van der Waals surface area (Å²) in [6.07, 6.45) is 0. The molecule has 1 N–H and O–H groups in total. The lowest BCUT2D eigenvalue weighted by Crippen LogP contribution is -2.27. The molecule has 0 unspecified atom stereocenters. The number of nitro groups is 1. The maximum atomic E-state index is 11.9. The number of amidine groups is 1. The van der Waals surface area contributed by atoms with Crippen LogP contribution < -0.4 is 5.32 Å². The van der Waals surface area contributed by atoms with Gasteiger partial charge in [-0.2, -0.15) is 0 Å². The Morgan fingerprint density at radius 2 is 2.33 bits per heavy atom. The molecule has 0 aliphatic carbocycles. The second kappa shape index (κ2) is 5.18. The number of nitro benzene ring substituents is 1. The van der Waals surface area contributed by atoms with Gasteiger partial charge in [0.15, 0.2) is 5.17 Å². The molecule has 1 heterocycles. The number of thioether (sulfide) groups is 1. The molecule has 7 heteroatoms. The summed E-state index contributed by atoms with van der Waals surface area (Å²) in [7, 11) is 0. The van der Waals surface area contributed by atoms with E-state index in [2.05, 4.69) is 10.3 Å². The summed E-state index contributed by atoms with van der Waals surface area (Å²) in [5.41, 5.74) is 0.876. The van der Waals surface area contributed by atoms with Gasteiger partial charge in [0.05, 0.1) is 11.5 Å². The van der Waals surface area contributed by atoms with E-state index < -0.39 is 4.92 Å². The van der Waals surface area contributed by atoms with Crippen LogP contribution in [0.2, 0.25) is 0 Å². The average molecular weight is 265 g/mol. The highest BCUT2D eigenvalue weighted by atomic mass is 32.2. The Hall–Kier alpha value is -1.89. The van der Waals surface area contributed by atoms with E-state index >= 15 is 0 Å². The Bertz CT molecular complexity index is 542. The van der Waals surface area contributed by atoms with Crippen LogP contribution in [0.4, 0.5) is 5.69 Å². The van der Waals surface area contributed by atoms with Crippen LogP contribution >= 0.6 is 11.8 Å². The van der Waals surface area contributed by atoms with E-state index in [-0.39, 0.29) is 11.6 Å². The molecule has 1 aromatic rings. The molecule has 2 rings (SSSR count). The van der Waals surface area contributed by atoms with Crippen molar-refractivity contribution in [2.75, 3.05) is 12.3 Å². The molecule has 1 aromatic carbocycles. The first-order valence-electron chi connectivity index (χ1n) is 5.31. The maximum Gasteiger partial charge on any atom is 0.272 e. The van der Waals surface area contributed by atoms with Crippen molar-refractivity contribution >= 4 is 28.5 Å². The van der Waals surface area contributed by atoms with Gasteiger partial charge in [-0.05, 0) is 19.1 Å². The molecule has 1 aliphatic rings. The largest absolute Gasteiger partial charge is 0.301 e. The summed E-state index contributed by atoms with van der Waals surface area (Å²) in [4.78, 5) is 26.2. The van der Waals surface area contributed by atoms with Crippen molar-refractivity contribution < 1.29 is 9.72 Å². The summed E-state index contributed by atoms with van der Waals surface area (Å²) in [5, 5.41) is 13.9. The fourth-order valence-corrected chi connectivity index (χ4v) is 2.30. The van der Waals surface area contributed by atoms with Crippen LogP contribution in [0.25, 0.3) is 0 Å². The van der Waals surface area contributed by atoms with Gasteiger partial charge >= 0.3 is 0 Å². The molecule has 1 aliphatic heterocycles. The first kappa shape index (κ1) is 12.6. The topological polar surface area (TPSA) is 84.6 Å². The number of hydrogen-bond donors (Lipinski definition) is 1. The lowest BCUT2D eigenvalue weighted by atomic mass is 10.1. The van der Waals surface area contributed by atoms with Gasteiger partial charge in [0.25, 0.3) is 11.6 Å². The quantitative estimate of drug-likeness (QED) is 0.652. The van der Waals surface area contributed by atoms with E-state index in [1.165, 1.54) is 30.0 Å². The molecule has 94 valence electrons. The first-order chi connectivity index (χ1) is 8.58. The van der Waals surface area contributed by atoms with Crippen LogP contribution in [0.3, 0.4) is 0 Å². The number of carbonyl (C=O) groups is 1. The third-order valence-corrected chi connectivity index (χ3v) is 3.35. The van der Waals surface area contributed by atoms with Crippen molar-refractivity contribution in [2.45, 2.75) is 6.92 Å². The van der Waals surface area contributed by atoms with Crippen molar-refractivity contribution in [3.05, 3.63) is 39.4 Å². The van der Waals surface area contributed by atoms with Gasteiger partial charge in [-0.25, -0.2) is 0 Å². The molecule has 0 saturated heterocycles. The third-order valence-electron chi connectivity index (χ3n) is 2.46. The molecule has 0 bridgehead atoms. The summed E-state index contributed by atoms with van der Waals surface area (Å²) in [6, 6.07) is 4.29. The zero-order chi connectivity index (χ0) is 13.1. The monoisotopic (exact) mass is 265 g/mol. The summed E-state index contributed by atoms with van der Waals surface area (Å²) in [6.45, 7) is 2.32. The number of carbonyl (C=O) groups excluding carboxylic acids is 1. The second-order valence-corrected chi connectivity index (χ2v) is 4.83. The lowest BCUT2D eigenvalue weighted by Gasteiger charge is -2.05. The fraction of sp³-hybridized carbons (Fsp3) is 0.273. The molecule has 0 aromatic heterocycles. The minimum atomic E-state index is -0.464. The molecule has 0 atom stereocenters. The minimum Gasteiger partial charge on any atom is -0.301 e. The molecular formula is C11H11N3O3S. The highest BCUT2D eigenvalue weighted by molar-refractivity contribution is 8.14. The number of aryl methyl sites for hydroxylation is 1. The van der Waals surface area contributed by atoms with Crippen molar-refractivity contribution in [2.24, 2.45) is 4.99 Å². The molecule has 0 radical (unpaired) electrons. The van der Waals surface area contributed by atoms with Gasteiger partial charge in [0, 0.05) is 22.9 Å². The van der Waals surface area contributed by atoms with Crippen molar-refractivity contribution in [1.82, 2.24) is 5.32 Å². The van der Waals surface area contributed by atoms with E-state index in [1.54, 1.807) is 6.92 Å². The van der Waals surface area contributed by atoms with Gasteiger partial charge < -0.3 is 5.32 Å². The number of benzene rings is 1. The van der Waals surface area contributed by atoms with Crippen molar-refractivity contribution in [3.63, 3.8) is 0 Å². The number of rotatable bonds is 2. The lowest BCUT2D eigenvalue weighted by molar-refractivity contribution is -0.385. The van der Waals surface area contributed by atoms with Crippen LogP contribution in [0.15, 0.2) is 23.2 Å². The number of nitrogens with one attached hydrogen (secondary N) is 1. The Balaban J connectivity index is 2.16. The van der Waals surface area contributed by atoms with E-state index in [0.29, 0.717) is 22.8 Å².